The van der Waals surface area contributed by atoms with Crippen LogP contribution in [0.5, 0.6) is 0 Å². The molecule has 0 spiro atoms. The van der Waals surface area contributed by atoms with Gasteiger partial charge in [0, 0.05) is 5.92 Å². The third-order valence-electron chi connectivity index (χ3n) is 10.8. The van der Waals surface area contributed by atoms with Crippen molar-refractivity contribution in [3.05, 3.63) is 24.0 Å². The molecule has 2 heteroatoms. The molecule has 0 radical (unpaired) electrons. The molecule has 3 fully saturated rings. The van der Waals surface area contributed by atoms with Crippen LogP contribution in [0.15, 0.2) is 24.0 Å². The first-order valence-electron chi connectivity index (χ1n) is 12.8. The van der Waals surface area contributed by atoms with Gasteiger partial charge >= 0.3 is 0 Å². The number of rotatable bonds is 5. The van der Waals surface area contributed by atoms with E-state index in [1.54, 1.807) is 5.57 Å². The van der Waals surface area contributed by atoms with Gasteiger partial charge in [0.25, 0.3) is 0 Å². The minimum atomic E-state index is -0.494. The van der Waals surface area contributed by atoms with Crippen LogP contribution in [0, 0.1) is 46.3 Å². The lowest BCUT2D eigenvalue weighted by atomic mass is 9.46. The molecule has 4 aliphatic rings. The highest BCUT2D eigenvalue weighted by Gasteiger charge is 2.59. The Bertz CT molecular complexity index is 705. The Labute approximate surface area is 185 Å². The first kappa shape index (κ1) is 22.4. The fourth-order valence-corrected chi connectivity index (χ4v) is 8.66. The van der Waals surface area contributed by atoms with E-state index in [0.717, 1.165) is 48.9 Å². The van der Waals surface area contributed by atoms with Gasteiger partial charge in [-0.1, -0.05) is 45.9 Å². The Hall–Kier alpha value is -0.760. The molecule has 0 bridgehead atoms. The van der Waals surface area contributed by atoms with Gasteiger partial charge in [-0.3, -0.25) is 0 Å². The van der Waals surface area contributed by atoms with Crippen molar-refractivity contribution >= 4 is 0 Å². The minimum absolute atomic E-state index is 0.221. The molecule has 0 saturated heterocycles. The second kappa shape index (κ2) is 7.68. The summed E-state index contributed by atoms with van der Waals surface area (Å²) in [6, 6.07) is 0. The SMILES string of the molecule is C=C(O)[C@@H](C)CC[C@@H](C)[C@H]1CC[C@H]2[C@@H]3CC=C4C[C@@](C)(O)CC[C@]4(C)[C@H]3CC[C@]12C. The zero-order valence-electron chi connectivity index (χ0n) is 20.2. The van der Waals surface area contributed by atoms with E-state index in [-0.39, 0.29) is 5.92 Å². The Morgan fingerprint density at radius 1 is 1.07 bits per heavy atom. The molecule has 30 heavy (non-hydrogen) atoms. The van der Waals surface area contributed by atoms with Crippen molar-refractivity contribution in [2.45, 2.75) is 104 Å². The second-order valence-electron chi connectivity index (χ2n) is 12.6. The van der Waals surface area contributed by atoms with Crippen molar-refractivity contribution in [2.24, 2.45) is 46.3 Å². The predicted molar refractivity (Wildman–Crippen MR) is 125 cm³/mol. The van der Waals surface area contributed by atoms with Crippen LogP contribution < -0.4 is 0 Å². The predicted octanol–water partition coefficient (Wildman–Crippen LogP) is 7.44. The average Bonchev–Trinajstić information content (AvgIpc) is 3.03. The molecule has 9 atom stereocenters. The molecule has 2 nitrogen and oxygen atoms in total. The number of allylic oxidation sites excluding steroid dienone is 2. The van der Waals surface area contributed by atoms with E-state index in [0.29, 0.717) is 16.6 Å². The van der Waals surface area contributed by atoms with E-state index in [9.17, 15) is 10.2 Å². The van der Waals surface area contributed by atoms with Crippen LogP contribution in [0.2, 0.25) is 0 Å². The third kappa shape index (κ3) is 3.59. The number of hydrogen-bond donors (Lipinski definition) is 2. The Balaban J connectivity index is 1.50. The van der Waals surface area contributed by atoms with Gasteiger partial charge in [-0.25, -0.2) is 0 Å². The molecule has 4 rings (SSSR count). The summed E-state index contributed by atoms with van der Waals surface area (Å²) in [7, 11) is 0. The molecule has 0 aromatic heterocycles. The van der Waals surface area contributed by atoms with Crippen LogP contribution in [-0.4, -0.2) is 15.8 Å². The topological polar surface area (TPSA) is 40.5 Å². The summed E-state index contributed by atoms with van der Waals surface area (Å²) in [6.45, 7) is 15.5. The van der Waals surface area contributed by atoms with Gasteiger partial charge in [0.2, 0.25) is 0 Å². The lowest BCUT2D eigenvalue weighted by Gasteiger charge is -2.59. The molecule has 0 aromatic rings. The van der Waals surface area contributed by atoms with Crippen molar-refractivity contribution in [3.63, 3.8) is 0 Å². The minimum Gasteiger partial charge on any atom is -0.513 e. The Kier molecular flexibility index (Phi) is 5.74. The third-order valence-corrected chi connectivity index (χ3v) is 10.8. The van der Waals surface area contributed by atoms with E-state index >= 15 is 0 Å². The highest BCUT2D eigenvalue weighted by Crippen LogP contribution is 2.67. The van der Waals surface area contributed by atoms with Gasteiger partial charge in [-0.05, 0) is 112 Å². The van der Waals surface area contributed by atoms with E-state index < -0.39 is 5.60 Å². The fraction of sp³-hybridized carbons (Fsp3) is 0.857. The average molecular weight is 415 g/mol. The fourth-order valence-electron chi connectivity index (χ4n) is 8.66. The molecule has 4 aliphatic carbocycles. The van der Waals surface area contributed by atoms with Crippen LogP contribution >= 0.6 is 0 Å². The largest absolute Gasteiger partial charge is 0.513 e. The normalized spacial score (nSPS) is 47.5. The van der Waals surface area contributed by atoms with Crippen LogP contribution in [0.1, 0.15) is 98.8 Å². The second-order valence-corrected chi connectivity index (χ2v) is 12.6. The highest BCUT2D eigenvalue weighted by atomic mass is 16.3. The summed E-state index contributed by atoms with van der Waals surface area (Å²) in [4.78, 5) is 0. The first-order chi connectivity index (χ1) is 14.0. The lowest BCUT2D eigenvalue weighted by Crippen LogP contribution is -2.52. The standard InChI is InChI=1S/C28H46O2/c1-18(20(3)29)7-8-19(2)23-11-12-24-22-10-9-21-17-26(4,30)15-16-27(21,5)25(22)13-14-28(23,24)6/h9,18-19,22-25,29-30H,3,7-8,10-17H2,1-2,4-6H3/t18-,19+,22-,23+,24-,25-,26-,27-,28+/m0/s1. The van der Waals surface area contributed by atoms with Crippen LogP contribution in [0.3, 0.4) is 0 Å². The molecule has 0 aromatic carbocycles. The quantitative estimate of drug-likeness (QED) is 0.362. The van der Waals surface area contributed by atoms with Crippen LogP contribution in [0.4, 0.5) is 0 Å². The maximum Gasteiger partial charge on any atom is 0.0879 e. The highest BCUT2D eigenvalue weighted by molar-refractivity contribution is 5.26. The van der Waals surface area contributed by atoms with Crippen molar-refractivity contribution in [1.29, 1.82) is 0 Å². The van der Waals surface area contributed by atoms with E-state index in [1.165, 1.54) is 44.9 Å². The summed E-state index contributed by atoms with van der Waals surface area (Å²) in [5, 5.41) is 20.4. The van der Waals surface area contributed by atoms with Gasteiger partial charge in [0.15, 0.2) is 0 Å². The smallest absolute Gasteiger partial charge is 0.0879 e. The summed E-state index contributed by atoms with van der Waals surface area (Å²) in [6.07, 6.45) is 14.6. The summed E-state index contributed by atoms with van der Waals surface area (Å²) >= 11 is 0. The van der Waals surface area contributed by atoms with E-state index in [1.807, 2.05) is 6.92 Å². The van der Waals surface area contributed by atoms with Gasteiger partial charge in [-0.15, -0.1) is 0 Å². The van der Waals surface area contributed by atoms with E-state index in [2.05, 4.69) is 40.3 Å². The molecular formula is C28H46O2. The summed E-state index contributed by atoms with van der Waals surface area (Å²) in [5.74, 6) is 4.65. The lowest BCUT2D eigenvalue weighted by molar-refractivity contribution is -0.0706. The summed E-state index contributed by atoms with van der Waals surface area (Å²) < 4.78 is 0. The molecule has 3 saturated carbocycles. The molecule has 0 aliphatic heterocycles. The molecule has 0 heterocycles. The molecule has 0 unspecified atom stereocenters. The number of hydrogen-bond acceptors (Lipinski definition) is 2. The van der Waals surface area contributed by atoms with Crippen molar-refractivity contribution in [1.82, 2.24) is 0 Å². The van der Waals surface area contributed by atoms with Gasteiger partial charge in [0.1, 0.15) is 0 Å². The van der Waals surface area contributed by atoms with Gasteiger partial charge < -0.3 is 10.2 Å². The van der Waals surface area contributed by atoms with Gasteiger partial charge in [0.05, 0.1) is 11.4 Å². The zero-order chi connectivity index (χ0) is 21.9. The van der Waals surface area contributed by atoms with Crippen molar-refractivity contribution in [2.75, 3.05) is 0 Å². The monoisotopic (exact) mass is 414 g/mol. The maximum atomic E-state index is 10.7. The zero-order valence-corrected chi connectivity index (χ0v) is 20.2. The number of aliphatic hydroxyl groups is 2. The Morgan fingerprint density at radius 3 is 2.50 bits per heavy atom. The van der Waals surface area contributed by atoms with Crippen molar-refractivity contribution in [3.8, 4) is 0 Å². The van der Waals surface area contributed by atoms with Gasteiger partial charge in [-0.2, -0.15) is 0 Å². The summed E-state index contributed by atoms with van der Waals surface area (Å²) in [5.41, 5.74) is 1.89. The van der Waals surface area contributed by atoms with Crippen LogP contribution in [0.25, 0.3) is 0 Å². The molecule has 170 valence electrons. The number of aliphatic hydroxyl groups excluding tert-OH is 1. The Morgan fingerprint density at radius 2 is 1.80 bits per heavy atom. The number of fused-ring (bicyclic) bond motifs is 5. The first-order valence-corrected chi connectivity index (χ1v) is 12.8. The van der Waals surface area contributed by atoms with Crippen LogP contribution in [-0.2, 0) is 0 Å². The maximum absolute atomic E-state index is 10.7. The van der Waals surface area contributed by atoms with E-state index in [4.69, 9.17) is 0 Å². The molecular weight excluding hydrogens is 368 g/mol. The van der Waals surface area contributed by atoms with Crippen molar-refractivity contribution < 1.29 is 10.2 Å². The molecule has 0 amide bonds. The molecule has 2 N–H and O–H groups in total.